The van der Waals surface area contributed by atoms with E-state index >= 15 is 0 Å². The summed E-state index contributed by atoms with van der Waals surface area (Å²) in [7, 11) is -1.74. The minimum atomic E-state index is -1.74. The van der Waals surface area contributed by atoms with E-state index in [2.05, 4.69) is 61.6 Å². The van der Waals surface area contributed by atoms with Gasteiger partial charge in [-0.3, -0.25) is 0 Å². The fourth-order valence-electron chi connectivity index (χ4n) is 7.53. The van der Waals surface area contributed by atoms with Crippen LogP contribution in [0, 0.1) is 46.3 Å². The molecule has 3 aliphatic carbocycles. The van der Waals surface area contributed by atoms with Gasteiger partial charge in [-0.05, 0) is 103 Å². The summed E-state index contributed by atoms with van der Waals surface area (Å²) in [6.45, 7) is 23.2. The monoisotopic (exact) mass is 436 g/mol. The second kappa shape index (κ2) is 8.49. The molecule has 176 valence electrons. The Bertz CT molecular complexity index is 596. The third-order valence-electron chi connectivity index (χ3n) is 11.2. The van der Waals surface area contributed by atoms with Gasteiger partial charge in [-0.25, -0.2) is 0 Å². The first kappa shape index (κ1) is 24.8. The van der Waals surface area contributed by atoms with Crippen molar-refractivity contribution >= 4 is 8.32 Å². The van der Waals surface area contributed by atoms with Crippen molar-refractivity contribution in [2.75, 3.05) is 13.2 Å². The molecular weight excluding hydrogens is 384 g/mol. The molecule has 3 heteroatoms. The molecule has 3 fully saturated rings. The van der Waals surface area contributed by atoms with E-state index in [0.717, 1.165) is 24.4 Å². The van der Waals surface area contributed by atoms with Gasteiger partial charge in [-0.1, -0.05) is 54.9 Å². The normalized spacial score (nSPS) is 45.4. The summed E-state index contributed by atoms with van der Waals surface area (Å²) in [5.41, 5.74) is 0.769. The van der Waals surface area contributed by atoms with E-state index in [1.165, 1.54) is 44.9 Å². The Morgan fingerprint density at radius 1 is 0.933 bits per heavy atom. The standard InChI is InChI=1S/C27H52O2Si/c1-19-12-14-27(7,21(16-19)18-29-30(8,9)25(3,4)5)24-13-15-26(6)20(2)10-11-23(26)22(24)17-28/h19-24,28H,10-18H2,1-9H3/t19-,20-,21+,22-,23-,24-,26+,27-/m0/s1. The average Bonchev–Trinajstić information content (AvgIpc) is 2.96. The molecule has 30 heavy (non-hydrogen) atoms. The summed E-state index contributed by atoms with van der Waals surface area (Å²) < 4.78 is 6.84. The highest BCUT2D eigenvalue weighted by molar-refractivity contribution is 6.74. The number of fused-ring (bicyclic) bond motifs is 1. The molecule has 1 N–H and O–H groups in total. The fraction of sp³-hybridized carbons (Fsp3) is 1.00. The molecule has 0 spiro atoms. The zero-order valence-electron chi connectivity index (χ0n) is 21.7. The van der Waals surface area contributed by atoms with Crippen LogP contribution in [0.4, 0.5) is 0 Å². The lowest BCUT2D eigenvalue weighted by molar-refractivity contribution is -0.103. The van der Waals surface area contributed by atoms with Crippen LogP contribution in [0.25, 0.3) is 0 Å². The topological polar surface area (TPSA) is 29.5 Å². The van der Waals surface area contributed by atoms with Crippen LogP contribution < -0.4 is 0 Å². The predicted octanol–water partition coefficient (Wildman–Crippen LogP) is 7.52. The first-order valence-corrected chi connectivity index (χ1v) is 15.9. The summed E-state index contributed by atoms with van der Waals surface area (Å²) in [5.74, 6) is 4.12. The van der Waals surface area contributed by atoms with Crippen molar-refractivity contribution < 1.29 is 9.53 Å². The van der Waals surface area contributed by atoms with Gasteiger partial charge in [0.05, 0.1) is 0 Å². The van der Waals surface area contributed by atoms with Gasteiger partial charge in [0.15, 0.2) is 8.32 Å². The number of hydrogen-bond donors (Lipinski definition) is 1. The smallest absolute Gasteiger partial charge is 0.191 e. The molecule has 0 heterocycles. The molecule has 0 aromatic heterocycles. The Labute approximate surface area is 189 Å². The van der Waals surface area contributed by atoms with Crippen molar-refractivity contribution in [3.63, 3.8) is 0 Å². The third-order valence-corrected chi connectivity index (χ3v) is 15.7. The van der Waals surface area contributed by atoms with Crippen molar-refractivity contribution in [3.8, 4) is 0 Å². The molecule has 8 atom stereocenters. The van der Waals surface area contributed by atoms with E-state index in [1.807, 2.05) is 0 Å². The van der Waals surface area contributed by atoms with Crippen molar-refractivity contribution in [3.05, 3.63) is 0 Å². The molecule has 2 nitrogen and oxygen atoms in total. The van der Waals surface area contributed by atoms with Crippen LogP contribution in [-0.4, -0.2) is 26.6 Å². The first-order valence-electron chi connectivity index (χ1n) is 13.0. The van der Waals surface area contributed by atoms with Crippen LogP contribution >= 0.6 is 0 Å². The van der Waals surface area contributed by atoms with Crippen LogP contribution in [0.1, 0.15) is 93.4 Å². The highest BCUT2D eigenvalue weighted by atomic mass is 28.4. The Kier molecular flexibility index (Phi) is 7.01. The average molecular weight is 437 g/mol. The summed E-state index contributed by atoms with van der Waals surface area (Å²) in [5, 5.41) is 10.9. The van der Waals surface area contributed by atoms with E-state index in [1.54, 1.807) is 0 Å². The third kappa shape index (κ3) is 4.21. The zero-order chi connectivity index (χ0) is 22.5. The first-order chi connectivity index (χ1) is 13.8. The van der Waals surface area contributed by atoms with Gasteiger partial charge in [0, 0.05) is 13.2 Å². The molecule has 0 aromatic rings. The zero-order valence-corrected chi connectivity index (χ0v) is 22.7. The van der Waals surface area contributed by atoms with Gasteiger partial charge in [-0.15, -0.1) is 0 Å². The van der Waals surface area contributed by atoms with Gasteiger partial charge in [-0.2, -0.15) is 0 Å². The molecule has 0 bridgehead atoms. The molecule has 3 aliphatic rings. The van der Waals surface area contributed by atoms with Crippen molar-refractivity contribution in [2.24, 2.45) is 46.3 Å². The molecule has 0 saturated heterocycles. The van der Waals surface area contributed by atoms with Gasteiger partial charge in [0.2, 0.25) is 0 Å². The predicted molar refractivity (Wildman–Crippen MR) is 131 cm³/mol. The minimum absolute atomic E-state index is 0.268. The molecule has 3 saturated carbocycles. The molecule has 0 amide bonds. The van der Waals surface area contributed by atoms with E-state index in [4.69, 9.17) is 4.43 Å². The number of aliphatic hydroxyl groups is 1. The van der Waals surface area contributed by atoms with Gasteiger partial charge >= 0.3 is 0 Å². The van der Waals surface area contributed by atoms with Crippen LogP contribution in [0.2, 0.25) is 18.1 Å². The van der Waals surface area contributed by atoms with Crippen molar-refractivity contribution in [1.29, 1.82) is 0 Å². The molecule has 0 unspecified atom stereocenters. The number of rotatable bonds is 5. The summed E-state index contributed by atoms with van der Waals surface area (Å²) >= 11 is 0. The second-order valence-corrected chi connectivity index (χ2v) is 18.5. The Morgan fingerprint density at radius 3 is 2.13 bits per heavy atom. The van der Waals surface area contributed by atoms with Gasteiger partial charge in [0.25, 0.3) is 0 Å². The molecule has 0 aliphatic heterocycles. The molecule has 0 radical (unpaired) electrons. The van der Waals surface area contributed by atoms with E-state index in [0.29, 0.717) is 35.2 Å². The van der Waals surface area contributed by atoms with E-state index in [-0.39, 0.29) is 5.04 Å². The Morgan fingerprint density at radius 2 is 1.53 bits per heavy atom. The largest absolute Gasteiger partial charge is 0.417 e. The van der Waals surface area contributed by atoms with Gasteiger partial charge < -0.3 is 9.53 Å². The summed E-state index contributed by atoms with van der Waals surface area (Å²) in [4.78, 5) is 0. The molecular formula is C27H52O2Si. The highest BCUT2D eigenvalue weighted by Crippen LogP contribution is 2.64. The van der Waals surface area contributed by atoms with Crippen LogP contribution in [0.15, 0.2) is 0 Å². The lowest BCUT2D eigenvalue weighted by Crippen LogP contribution is -2.53. The van der Waals surface area contributed by atoms with E-state index in [9.17, 15) is 5.11 Å². The SMILES string of the molecule is C[C@H]1CC[C@](C)([C@H]2CC[C@]3(C)[C@@H](C)CC[C@H]3[C@@H]2CO)[C@@H](CO[Si](C)(C)C(C)(C)C)C1. The fourth-order valence-corrected chi connectivity index (χ4v) is 8.58. The maximum atomic E-state index is 10.6. The lowest BCUT2D eigenvalue weighted by Gasteiger charge is -2.57. The highest BCUT2D eigenvalue weighted by Gasteiger charge is 2.57. The van der Waals surface area contributed by atoms with Crippen LogP contribution in [0.5, 0.6) is 0 Å². The van der Waals surface area contributed by atoms with Crippen LogP contribution in [0.3, 0.4) is 0 Å². The second-order valence-electron chi connectivity index (χ2n) is 13.7. The Balaban J connectivity index is 1.84. The Hall–Kier alpha value is 0.137. The maximum Gasteiger partial charge on any atom is 0.191 e. The minimum Gasteiger partial charge on any atom is -0.417 e. The number of hydrogen-bond acceptors (Lipinski definition) is 2. The summed E-state index contributed by atoms with van der Waals surface area (Å²) in [6, 6.07) is 0. The number of aliphatic hydroxyl groups excluding tert-OH is 1. The van der Waals surface area contributed by atoms with Crippen LogP contribution in [-0.2, 0) is 4.43 Å². The quantitative estimate of drug-likeness (QED) is 0.451. The molecule has 3 rings (SSSR count). The van der Waals surface area contributed by atoms with Gasteiger partial charge in [0.1, 0.15) is 0 Å². The van der Waals surface area contributed by atoms with Crippen molar-refractivity contribution in [2.45, 2.75) is 112 Å². The molecule has 0 aromatic carbocycles. The van der Waals surface area contributed by atoms with Crippen molar-refractivity contribution in [1.82, 2.24) is 0 Å². The van der Waals surface area contributed by atoms with E-state index < -0.39 is 8.32 Å². The lowest BCUT2D eigenvalue weighted by atomic mass is 9.48. The summed E-state index contributed by atoms with van der Waals surface area (Å²) in [6.07, 6.45) is 9.33. The maximum absolute atomic E-state index is 10.6.